The molecule has 122 valence electrons. The molecule has 0 saturated heterocycles. The molecule has 1 heterocycles. The van der Waals surface area contributed by atoms with Crippen molar-refractivity contribution in [2.45, 2.75) is 3.79 Å². The average molecular weight is 396 g/mol. The topological polar surface area (TPSA) is 79.2 Å². The van der Waals surface area contributed by atoms with Crippen LogP contribution in [-0.2, 0) is 8.59 Å². The summed E-state index contributed by atoms with van der Waals surface area (Å²) in [4.78, 5) is 24.5. The Kier molecular flexibility index (Phi) is 5.52. The first-order valence-electron chi connectivity index (χ1n) is 6.19. The van der Waals surface area contributed by atoms with Gasteiger partial charge in [0.25, 0.3) is 0 Å². The number of nitrogens with zero attached hydrogens (tertiary/aromatic N) is 4. The van der Waals surface area contributed by atoms with E-state index >= 15 is 0 Å². The third kappa shape index (κ3) is 4.81. The molecule has 0 saturated carbocycles. The lowest BCUT2D eigenvalue weighted by molar-refractivity contribution is -0.135. The van der Waals surface area contributed by atoms with E-state index in [4.69, 9.17) is 51.5 Å². The average Bonchev–Trinajstić information content (AvgIpc) is 2.46. The first-order valence-corrected chi connectivity index (χ1v) is 7.70. The second-order valence-corrected chi connectivity index (χ2v) is 7.25. The molecule has 0 amide bonds. The number of alkyl halides is 3. The number of rotatable bonds is 4. The van der Waals surface area contributed by atoms with Crippen LogP contribution in [0.5, 0.6) is 0 Å². The van der Waals surface area contributed by atoms with Gasteiger partial charge in [0.1, 0.15) is 6.54 Å². The fraction of sp³-hybridized carbons (Fsp3) is 0.231. The summed E-state index contributed by atoms with van der Waals surface area (Å²) < 4.78 is -1.87. The zero-order chi connectivity index (χ0) is 17.2. The minimum atomic E-state index is -1.87. The fourth-order valence-corrected chi connectivity index (χ4v) is 2.04. The van der Waals surface area contributed by atoms with Crippen molar-refractivity contribution < 1.29 is 9.90 Å². The largest absolute Gasteiger partial charge is 0.480 e. The second kappa shape index (κ2) is 7.05. The first-order chi connectivity index (χ1) is 10.7. The zero-order valence-corrected chi connectivity index (χ0v) is 14.7. The van der Waals surface area contributed by atoms with Gasteiger partial charge in [0, 0.05) is 17.6 Å². The molecule has 6 nitrogen and oxygen atoms in total. The summed E-state index contributed by atoms with van der Waals surface area (Å²) >= 11 is 23.4. The summed E-state index contributed by atoms with van der Waals surface area (Å²) in [5, 5.41) is 9.43. The molecule has 1 aromatic heterocycles. The third-order valence-electron chi connectivity index (χ3n) is 2.69. The third-order valence-corrected chi connectivity index (χ3v) is 3.45. The zero-order valence-electron chi connectivity index (χ0n) is 11.7. The molecular formula is C13H10Cl4N4O2. The monoisotopic (exact) mass is 394 g/mol. The molecule has 0 spiro atoms. The minimum absolute atomic E-state index is 0.0775. The Morgan fingerprint density at radius 2 is 1.78 bits per heavy atom. The van der Waals surface area contributed by atoms with Crippen molar-refractivity contribution >= 4 is 58.3 Å². The number of carboxylic acid groups (broad SMARTS) is 1. The molecule has 2 rings (SSSR count). The van der Waals surface area contributed by atoms with Crippen LogP contribution in [0.3, 0.4) is 0 Å². The van der Waals surface area contributed by atoms with E-state index in [-0.39, 0.29) is 24.1 Å². The first kappa shape index (κ1) is 18.0. The van der Waals surface area contributed by atoms with Crippen LogP contribution in [0.2, 0.25) is 5.02 Å². The predicted molar refractivity (Wildman–Crippen MR) is 90.4 cm³/mol. The Hall–Kier alpha value is -1.34. The van der Waals surface area contributed by atoms with Crippen molar-refractivity contribution in [2.24, 2.45) is 0 Å². The molecule has 23 heavy (non-hydrogen) atoms. The highest BCUT2D eigenvalue weighted by atomic mass is 35.6. The standard InChI is InChI=1S/C13H10Cl4N4O2/c1-21(6-9(22)23)12-19-10(7-2-4-8(14)5-3-7)18-11(20-12)13(15,16)17/h2-5H,6H2,1H3,(H,22,23). The Bertz CT molecular complexity index is 719. The highest BCUT2D eigenvalue weighted by Gasteiger charge is 2.29. The minimum Gasteiger partial charge on any atom is -0.480 e. The van der Waals surface area contributed by atoms with Crippen LogP contribution in [0.1, 0.15) is 5.82 Å². The van der Waals surface area contributed by atoms with Crippen LogP contribution >= 0.6 is 46.4 Å². The number of halogens is 4. The summed E-state index contributed by atoms with van der Waals surface area (Å²) in [5.41, 5.74) is 0.622. The number of aliphatic carboxylic acids is 1. The summed E-state index contributed by atoms with van der Waals surface area (Å²) in [7, 11) is 1.51. The Morgan fingerprint density at radius 3 is 2.30 bits per heavy atom. The van der Waals surface area contributed by atoms with E-state index in [1.54, 1.807) is 24.3 Å². The summed E-state index contributed by atoms with van der Waals surface area (Å²) in [5.74, 6) is -0.829. The van der Waals surface area contributed by atoms with Gasteiger partial charge in [0.05, 0.1) is 0 Å². The number of carbonyl (C=O) groups is 1. The van der Waals surface area contributed by atoms with Gasteiger partial charge < -0.3 is 10.0 Å². The normalized spacial score (nSPS) is 11.3. The van der Waals surface area contributed by atoms with E-state index < -0.39 is 9.76 Å². The molecule has 10 heteroatoms. The molecule has 0 aliphatic rings. The molecule has 1 N–H and O–H groups in total. The highest BCUT2D eigenvalue weighted by molar-refractivity contribution is 6.66. The summed E-state index contributed by atoms with van der Waals surface area (Å²) in [6.45, 7) is -0.316. The molecule has 0 aliphatic heterocycles. The van der Waals surface area contributed by atoms with Crippen LogP contribution in [0.4, 0.5) is 5.95 Å². The summed E-state index contributed by atoms with van der Waals surface area (Å²) in [6.07, 6.45) is 0. The van der Waals surface area contributed by atoms with E-state index in [2.05, 4.69) is 15.0 Å². The van der Waals surface area contributed by atoms with Crippen LogP contribution in [0.15, 0.2) is 24.3 Å². The van der Waals surface area contributed by atoms with Crippen LogP contribution < -0.4 is 4.90 Å². The van der Waals surface area contributed by atoms with Crippen molar-refractivity contribution in [1.82, 2.24) is 15.0 Å². The van der Waals surface area contributed by atoms with E-state index in [0.29, 0.717) is 10.6 Å². The Morgan fingerprint density at radius 1 is 1.17 bits per heavy atom. The van der Waals surface area contributed by atoms with Crippen molar-refractivity contribution in [3.05, 3.63) is 35.1 Å². The molecule has 2 aromatic rings. The lowest BCUT2D eigenvalue weighted by Crippen LogP contribution is -2.28. The van der Waals surface area contributed by atoms with E-state index in [0.717, 1.165) is 0 Å². The van der Waals surface area contributed by atoms with Crippen LogP contribution in [0.25, 0.3) is 11.4 Å². The predicted octanol–water partition coefficient (Wildman–Crippen LogP) is 3.54. The van der Waals surface area contributed by atoms with Crippen LogP contribution in [-0.4, -0.2) is 39.6 Å². The van der Waals surface area contributed by atoms with E-state index in [1.165, 1.54) is 11.9 Å². The number of hydrogen-bond donors (Lipinski definition) is 1. The number of carboxylic acids is 1. The number of anilines is 1. The maximum atomic E-state index is 10.9. The van der Waals surface area contributed by atoms with Crippen molar-refractivity contribution in [3.63, 3.8) is 0 Å². The molecule has 1 aromatic carbocycles. The van der Waals surface area contributed by atoms with E-state index in [9.17, 15) is 4.79 Å². The number of benzene rings is 1. The molecule has 0 atom stereocenters. The number of aromatic nitrogens is 3. The lowest BCUT2D eigenvalue weighted by Gasteiger charge is -2.18. The highest BCUT2D eigenvalue weighted by Crippen LogP contribution is 2.37. The maximum Gasteiger partial charge on any atom is 0.323 e. The summed E-state index contributed by atoms with van der Waals surface area (Å²) in [6, 6.07) is 6.72. The fourth-order valence-electron chi connectivity index (χ4n) is 1.66. The molecule has 0 unspecified atom stereocenters. The van der Waals surface area contributed by atoms with Crippen molar-refractivity contribution in [1.29, 1.82) is 0 Å². The number of hydrogen-bond acceptors (Lipinski definition) is 5. The molecule has 0 bridgehead atoms. The second-order valence-electron chi connectivity index (χ2n) is 4.54. The van der Waals surface area contributed by atoms with Gasteiger partial charge in [-0.05, 0) is 24.3 Å². The Labute approximate surface area is 152 Å². The Balaban J connectivity index is 2.53. The van der Waals surface area contributed by atoms with Gasteiger partial charge in [-0.25, -0.2) is 4.98 Å². The van der Waals surface area contributed by atoms with Crippen molar-refractivity contribution in [3.8, 4) is 11.4 Å². The van der Waals surface area contributed by atoms with Gasteiger partial charge in [0.15, 0.2) is 11.6 Å². The van der Waals surface area contributed by atoms with Gasteiger partial charge >= 0.3 is 5.97 Å². The molecular weight excluding hydrogens is 386 g/mol. The maximum absolute atomic E-state index is 10.9. The van der Waals surface area contributed by atoms with Gasteiger partial charge in [-0.3, -0.25) is 4.79 Å². The molecule has 0 aliphatic carbocycles. The van der Waals surface area contributed by atoms with Gasteiger partial charge in [-0.1, -0.05) is 46.4 Å². The molecule has 0 radical (unpaired) electrons. The quantitative estimate of drug-likeness (QED) is 0.797. The van der Waals surface area contributed by atoms with Gasteiger partial charge in [-0.2, -0.15) is 9.97 Å². The number of likely N-dealkylation sites (N-methyl/N-ethyl adjacent to an activating group) is 1. The molecule has 0 fully saturated rings. The SMILES string of the molecule is CN(CC(=O)O)c1nc(-c2ccc(Cl)cc2)nc(C(Cl)(Cl)Cl)n1. The smallest absolute Gasteiger partial charge is 0.323 e. The van der Waals surface area contributed by atoms with Gasteiger partial charge in [0.2, 0.25) is 9.74 Å². The lowest BCUT2D eigenvalue weighted by atomic mass is 10.2. The van der Waals surface area contributed by atoms with E-state index in [1.807, 2.05) is 0 Å². The van der Waals surface area contributed by atoms with Crippen LogP contribution in [0, 0.1) is 0 Å². The van der Waals surface area contributed by atoms with Gasteiger partial charge in [-0.15, -0.1) is 0 Å². The van der Waals surface area contributed by atoms with Crippen molar-refractivity contribution in [2.75, 3.05) is 18.5 Å².